The average Bonchev–Trinajstić information content (AvgIpc) is 2.64. The van der Waals surface area contributed by atoms with Gasteiger partial charge in [-0.1, -0.05) is 18.2 Å². The highest BCUT2D eigenvalue weighted by Gasteiger charge is 2.15. The van der Waals surface area contributed by atoms with Crippen molar-refractivity contribution in [3.05, 3.63) is 75.7 Å². The summed E-state index contributed by atoms with van der Waals surface area (Å²) in [5.41, 5.74) is 1.95. The molecule has 0 aliphatic carbocycles. The Bertz CT molecular complexity index is 1110. The minimum absolute atomic E-state index is 0.000959. The molecule has 0 fully saturated rings. The summed E-state index contributed by atoms with van der Waals surface area (Å²) in [5.74, 6) is -1.95. The Kier molecular flexibility index (Phi) is 4.57. The number of hydrazone groups is 1. The molecule has 0 bridgehead atoms. The van der Waals surface area contributed by atoms with Crippen LogP contribution in [0.5, 0.6) is 0 Å². The van der Waals surface area contributed by atoms with E-state index in [1.165, 1.54) is 14.0 Å². The summed E-state index contributed by atoms with van der Waals surface area (Å²) in [6.07, 6.45) is 0. The van der Waals surface area contributed by atoms with Gasteiger partial charge < -0.3 is 0 Å². The second kappa shape index (κ2) is 6.83. The maximum atomic E-state index is 13.8. The molecule has 1 aromatic heterocycles. The number of nitrogens with one attached hydrogen (secondary N) is 1. The molecule has 0 saturated carbocycles. The molecule has 0 aliphatic heterocycles. The zero-order valence-electron chi connectivity index (χ0n) is 14.0. The van der Waals surface area contributed by atoms with Crippen LogP contribution in [-0.4, -0.2) is 21.4 Å². The minimum Gasteiger partial charge on any atom is -0.267 e. The summed E-state index contributed by atoms with van der Waals surface area (Å²) in [5, 5.41) is 8.50. The summed E-state index contributed by atoms with van der Waals surface area (Å²) in [6, 6.07) is 9.50. The van der Waals surface area contributed by atoms with Gasteiger partial charge in [-0.2, -0.15) is 10.2 Å². The number of carbonyl (C=O) groups excluding carboxylic acids is 1. The molecule has 0 radical (unpaired) electrons. The molecule has 0 spiro atoms. The van der Waals surface area contributed by atoms with E-state index in [0.29, 0.717) is 10.8 Å². The molecule has 6 nitrogen and oxygen atoms in total. The van der Waals surface area contributed by atoms with E-state index < -0.39 is 17.5 Å². The van der Waals surface area contributed by atoms with Crippen LogP contribution in [0.2, 0.25) is 0 Å². The van der Waals surface area contributed by atoms with E-state index in [1.807, 2.05) is 0 Å². The van der Waals surface area contributed by atoms with Crippen molar-refractivity contribution in [3.8, 4) is 0 Å². The van der Waals surface area contributed by atoms with Gasteiger partial charge in [0.1, 0.15) is 11.6 Å². The normalized spacial score (nSPS) is 11.6. The molecule has 1 heterocycles. The zero-order chi connectivity index (χ0) is 18.8. The number of aryl methyl sites for hydroxylation is 1. The monoisotopic (exact) mass is 356 g/mol. The maximum Gasteiger partial charge on any atom is 0.292 e. The van der Waals surface area contributed by atoms with Crippen LogP contribution in [0.1, 0.15) is 23.0 Å². The first-order valence-electron chi connectivity index (χ1n) is 7.64. The summed E-state index contributed by atoms with van der Waals surface area (Å²) in [4.78, 5) is 24.5. The molecular formula is C18H14F2N4O2. The number of fused-ring (bicyclic) bond motifs is 1. The van der Waals surface area contributed by atoms with E-state index in [0.717, 1.165) is 22.9 Å². The van der Waals surface area contributed by atoms with E-state index in [1.54, 1.807) is 24.3 Å². The quantitative estimate of drug-likeness (QED) is 0.578. The number of hydrogen-bond acceptors (Lipinski definition) is 4. The van der Waals surface area contributed by atoms with E-state index in [9.17, 15) is 18.4 Å². The standard InChI is InChI=1S/C18H14F2N4O2/c1-10(14-9-11(19)7-8-15(14)20)21-22-17(25)16-12-5-3-4-6-13(12)18(26)24(2)23-16/h3-9H,1-2H3,(H,22,25)/b21-10-. The molecule has 0 atom stereocenters. The molecule has 1 N–H and O–H groups in total. The third-order valence-corrected chi connectivity index (χ3v) is 3.81. The van der Waals surface area contributed by atoms with Gasteiger partial charge >= 0.3 is 0 Å². The molecule has 0 unspecified atom stereocenters. The van der Waals surface area contributed by atoms with Gasteiger partial charge in [-0.25, -0.2) is 18.9 Å². The van der Waals surface area contributed by atoms with E-state index in [-0.39, 0.29) is 22.5 Å². The van der Waals surface area contributed by atoms with E-state index >= 15 is 0 Å². The smallest absolute Gasteiger partial charge is 0.267 e. The Hall–Kier alpha value is -3.42. The van der Waals surface area contributed by atoms with Gasteiger partial charge in [0.25, 0.3) is 11.5 Å². The summed E-state index contributed by atoms with van der Waals surface area (Å²) in [6.45, 7) is 1.43. The third-order valence-electron chi connectivity index (χ3n) is 3.81. The van der Waals surface area contributed by atoms with Crippen LogP contribution in [0, 0.1) is 11.6 Å². The van der Waals surface area contributed by atoms with Crippen LogP contribution in [0.3, 0.4) is 0 Å². The van der Waals surface area contributed by atoms with Crippen molar-refractivity contribution in [2.24, 2.45) is 12.1 Å². The second-order valence-electron chi connectivity index (χ2n) is 5.59. The molecule has 1 amide bonds. The van der Waals surface area contributed by atoms with Crippen LogP contribution < -0.4 is 11.0 Å². The fourth-order valence-electron chi connectivity index (χ4n) is 2.49. The number of benzene rings is 2. The van der Waals surface area contributed by atoms with Gasteiger partial charge in [0.05, 0.1) is 11.1 Å². The van der Waals surface area contributed by atoms with Crippen molar-refractivity contribution in [2.75, 3.05) is 0 Å². The average molecular weight is 356 g/mol. The van der Waals surface area contributed by atoms with Gasteiger partial charge in [0, 0.05) is 18.0 Å². The number of hydrogen-bond donors (Lipinski definition) is 1. The van der Waals surface area contributed by atoms with Crippen LogP contribution >= 0.6 is 0 Å². The van der Waals surface area contributed by atoms with Crippen molar-refractivity contribution in [1.29, 1.82) is 0 Å². The highest BCUT2D eigenvalue weighted by atomic mass is 19.1. The summed E-state index contributed by atoms with van der Waals surface area (Å²) >= 11 is 0. The van der Waals surface area contributed by atoms with E-state index in [4.69, 9.17) is 0 Å². The number of rotatable bonds is 3. The molecular weight excluding hydrogens is 342 g/mol. The summed E-state index contributed by atoms with van der Waals surface area (Å²) < 4.78 is 28.1. The molecule has 3 rings (SSSR count). The topological polar surface area (TPSA) is 76.3 Å². The predicted octanol–water partition coefficient (Wildman–Crippen LogP) is 2.37. The van der Waals surface area contributed by atoms with Crippen LogP contribution in [-0.2, 0) is 7.05 Å². The predicted molar refractivity (Wildman–Crippen MR) is 93.0 cm³/mol. The molecule has 3 aromatic rings. The fourth-order valence-corrected chi connectivity index (χ4v) is 2.49. The maximum absolute atomic E-state index is 13.8. The number of nitrogens with zero attached hydrogens (tertiary/aromatic N) is 3. The number of amides is 1. The van der Waals surface area contributed by atoms with Gasteiger partial charge in [-0.3, -0.25) is 9.59 Å². The lowest BCUT2D eigenvalue weighted by Crippen LogP contribution is -2.27. The van der Waals surface area contributed by atoms with Crippen molar-refractivity contribution in [1.82, 2.24) is 15.2 Å². The first-order chi connectivity index (χ1) is 12.4. The lowest BCUT2D eigenvalue weighted by atomic mass is 10.1. The Morgan fingerprint density at radius 1 is 1.15 bits per heavy atom. The second-order valence-corrected chi connectivity index (χ2v) is 5.59. The molecule has 132 valence electrons. The van der Waals surface area contributed by atoms with Crippen molar-refractivity contribution >= 4 is 22.4 Å². The Labute approximate surface area is 146 Å². The largest absolute Gasteiger partial charge is 0.292 e. The van der Waals surface area contributed by atoms with Gasteiger partial charge in [0.15, 0.2) is 5.69 Å². The van der Waals surface area contributed by atoms with Crippen molar-refractivity contribution < 1.29 is 13.6 Å². The van der Waals surface area contributed by atoms with Crippen LogP contribution in [0.25, 0.3) is 10.8 Å². The SMILES string of the molecule is C/C(=N/NC(=O)c1nn(C)c(=O)c2ccccc12)c1cc(F)ccc1F. The Balaban J connectivity index is 1.96. The van der Waals surface area contributed by atoms with E-state index in [2.05, 4.69) is 15.6 Å². The zero-order valence-corrected chi connectivity index (χ0v) is 14.0. The molecule has 8 heteroatoms. The lowest BCUT2D eigenvalue weighted by molar-refractivity contribution is 0.0949. The van der Waals surface area contributed by atoms with Crippen molar-refractivity contribution in [2.45, 2.75) is 6.92 Å². The lowest BCUT2D eigenvalue weighted by Gasteiger charge is -2.07. The highest BCUT2D eigenvalue weighted by molar-refractivity contribution is 6.06. The first kappa shape index (κ1) is 17.4. The van der Waals surface area contributed by atoms with Crippen LogP contribution in [0.15, 0.2) is 52.4 Å². The number of carbonyl (C=O) groups is 1. The molecule has 0 saturated heterocycles. The number of halogens is 2. The minimum atomic E-state index is -0.673. The van der Waals surface area contributed by atoms with Crippen molar-refractivity contribution in [3.63, 3.8) is 0 Å². The molecule has 0 aliphatic rings. The van der Waals surface area contributed by atoms with Gasteiger partial charge in [0.2, 0.25) is 0 Å². The highest BCUT2D eigenvalue weighted by Crippen LogP contribution is 2.13. The van der Waals surface area contributed by atoms with Gasteiger partial charge in [-0.05, 0) is 31.2 Å². The fraction of sp³-hybridized carbons (Fsp3) is 0.111. The first-order valence-corrected chi connectivity index (χ1v) is 7.64. The van der Waals surface area contributed by atoms with Gasteiger partial charge in [-0.15, -0.1) is 0 Å². The Morgan fingerprint density at radius 3 is 2.58 bits per heavy atom. The third kappa shape index (κ3) is 3.21. The molecule has 2 aromatic carbocycles. The Morgan fingerprint density at radius 2 is 1.85 bits per heavy atom. The molecule has 26 heavy (non-hydrogen) atoms. The number of aromatic nitrogens is 2. The van der Waals surface area contributed by atoms with Crippen LogP contribution in [0.4, 0.5) is 8.78 Å². The summed E-state index contributed by atoms with van der Waals surface area (Å²) in [7, 11) is 1.43.